The predicted octanol–water partition coefficient (Wildman–Crippen LogP) is 2.00. The van der Waals surface area contributed by atoms with Gasteiger partial charge >= 0.3 is 5.90 Å². The maximum absolute atomic E-state index is 7.82. The van der Waals surface area contributed by atoms with E-state index in [9.17, 15) is 0 Å². The maximum Gasteiger partial charge on any atom is 0.373 e. The molecule has 0 aliphatic rings. The first-order valence-electron chi connectivity index (χ1n) is 5.37. The topological polar surface area (TPSA) is 58.7 Å². The zero-order valence-corrected chi connectivity index (χ0v) is 11.1. The SMILES string of the molecule is N=C(OC(=[NH2+])c1ccc(Br)cc1)c1ccccc1. The lowest BCUT2D eigenvalue weighted by atomic mass is 10.2. The van der Waals surface area contributed by atoms with Crippen LogP contribution in [0.2, 0.25) is 0 Å². The summed E-state index contributed by atoms with van der Waals surface area (Å²) < 4.78 is 6.29. The summed E-state index contributed by atoms with van der Waals surface area (Å²) in [6.07, 6.45) is 0. The highest BCUT2D eigenvalue weighted by Gasteiger charge is 2.12. The molecule has 0 saturated heterocycles. The number of hydrogen-bond donors (Lipinski definition) is 2. The van der Waals surface area contributed by atoms with Gasteiger partial charge in [-0.05, 0) is 36.4 Å². The molecule has 0 unspecified atom stereocenters. The average molecular weight is 304 g/mol. The molecule has 18 heavy (non-hydrogen) atoms. The second-order valence-electron chi connectivity index (χ2n) is 3.67. The molecule has 0 bridgehead atoms. The second kappa shape index (κ2) is 5.60. The minimum Gasteiger partial charge on any atom is -0.386 e. The fraction of sp³-hybridized carbons (Fsp3) is 0. The Hall–Kier alpha value is -1.94. The van der Waals surface area contributed by atoms with Gasteiger partial charge in [0.2, 0.25) is 5.90 Å². The number of benzene rings is 2. The molecule has 4 heteroatoms. The van der Waals surface area contributed by atoms with Crippen LogP contribution in [-0.2, 0) is 4.74 Å². The van der Waals surface area contributed by atoms with Crippen LogP contribution in [0.25, 0.3) is 0 Å². The molecule has 90 valence electrons. The predicted molar refractivity (Wildman–Crippen MR) is 74.5 cm³/mol. The molecule has 0 saturated carbocycles. The number of ether oxygens (including phenoxy) is 1. The minimum atomic E-state index is 0.0380. The van der Waals surface area contributed by atoms with E-state index in [-0.39, 0.29) is 11.8 Å². The minimum absolute atomic E-state index is 0.0380. The maximum atomic E-state index is 7.82. The van der Waals surface area contributed by atoms with Crippen LogP contribution in [0.4, 0.5) is 0 Å². The molecule has 0 amide bonds. The first-order chi connectivity index (χ1) is 8.66. The molecule has 0 spiro atoms. The Balaban J connectivity index is 2.08. The van der Waals surface area contributed by atoms with Crippen LogP contribution in [0, 0.1) is 5.41 Å². The average Bonchev–Trinajstić information content (AvgIpc) is 2.40. The third-order valence-electron chi connectivity index (χ3n) is 2.38. The van der Waals surface area contributed by atoms with E-state index in [0.717, 1.165) is 10.0 Å². The van der Waals surface area contributed by atoms with Gasteiger partial charge in [-0.2, -0.15) is 0 Å². The summed E-state index contributed by atoms with van der Waals surface area (Å²) >= 11 is 3.35. The Morgan fingerprint density at radius 1 is 0.944 bits per heavy atom. The fourth-order valence-corrected chi connectivity index (χ4v) is 1.70. The molecular weight excluding hydrogens is 292 g/mol. The van der Waals surface area contributed by atoms with Crippen molar-refractivity contribution in [3.8, 4) is 0 Å². The van der Waals surface area contributed by atoms with Crippen molar-refractivity contribution in [3.63, 3.8) is 0 Å². The summed E-state index contributed by atoms with van der Waals surface area (Å²) in [4.78, 5) is 0. The highest BCUT2D eigenvalue weighted by atomic mass is 79.9. The zero-order chi connectivity index (χ0) is 13.0. The van der Waals surface area contributed by atoms with Crippen LogP contribution in [0.3, 0.4) is 0 Å². The highest BCUT2D eigenvalue weighted by Crippen LogP contribution is 2.11. The molecule has 3 nitrogen and oxygen atoms in total. The lowest BCUT2D eigenvalue weighted by Crippen LogP contribution is -2.43. The van der Waals surface area contributed by atoms with Gasteiger partial charge < -0.3 is 4.74 Å². The van der Waals surface area contributed by atoms with E-state index >= 15 is 0 Å². The molecule has 2 aromatic rings. The van der Waals surface area contributed by atoms with Crippen molar-refractivity contribution in [1.82, 2.24) is 0 Å². The van der Waals surface area contributed by atoms with Gasteiger partial charge in [-0.25, -0.2) is 5.41 Å². The van der Waals surface area contributed by atoms with E-state index in [1.165, 1.54) is 0 Å². The van der Waals surface area contributed by atoms with Gasteiger partial charge in [0.1, 0.15) is 0 Å². The molecule has 2 rings (SSSR count). The molecule has 0 aliphatic carbocycles. The van der Waals surface area contributed by atoms with Gasteiger partial charge in [-0.15, -0.1) is 0 Å². The molecule has 0 radical (unpaired) electrons. The molecule has 3 N–H and O–H groups in total. The third kappa shape index (κ3) is 3.05. The Morgan fingerprint density at radius 3 is 2.17 bits per heavy atom. The van der Waals surface area contributed by atoms with Crippen LogP contribution in [-0.4, -0.2) is 11.8 Å². The lowest BCUT2D eigenvalue weighted by Gasteiger charge is -2.04. The number of nitrogens with one attached hydrogen (secondary N) is 1. The van der Waals surface area contributed by atoms with Gasteiger partial charge in [-0.3, -0.25) is 5.41 Å². The summed E-state index contributed by atoms with van der Waals surface area (Å²) in [6, 6.07) is 16.6. The van der Waals surface area contributed by atoms with Crippen LogP contribution in [0.5, 0.6) is 0 Å². The number of halogens is 1. The molecule has 2 aromatic carbocycles. The highest BCUT2D eigenvalue weighted by molar-refractivity contribution is 9.10. The van der Waals surface area contributed by atoms with Crippen LogP contribution in [0.1, 0.15) is 11.1 Å². The van der Waals surface area contributed by atoms with Gasteiger partial charge in [0, 0.05) is 10.0 Å². The van der Waals surface area contributed by atoms with E-state index in [2.05, 4.69) is 15.9 Å². The Bertz CT molecular complexity index is 564. The third-order valence-corrected chi connectivity index (χ3v) is 2.91. The van der Waals surface area contributed by atoms with Crippen molar-refractivity contribution >= 4 is 27.7 Å². The molecule has 0 atom stereocenters. The van der Waals surface area contributed by atoms with Crippen molar-refractivity contribution in [2.24, 2.45) is 0 Å². The summed E-state index contributed by atoms with van der Waals surface area (Å²) in [5.74, 6) is 0.257. The number of nitrogens with two attached hydrogens (primary N) is 1. The normalized spacial score (nSPS) is 9.83. The van der Waals surface area contributed by atoms with Crippen molar-refractivity contribution in [2.45, 2.75) is 0 Å². The van der Waals surface area contributed by atoms with Crippen LogP contribution in [0.15, 0.2) is 59.1 Å². The molecule has 0 aromatic heterocycles. The van der Waals surface area contributed by atoms with Gasteiger partial charge in [0.15, 0.2) is 0 Å². The summed E-state index contributed by atoms with van der Waals surface area (Å²) in [5.41, 5.74) is 1.44. The number of rotatable bonds is 2. The summed E-state index contributed by atoms with van der Waals surface area (Å²) in [6.45, 7) is 0. The molecule has 0 heterocycles. The Kier molecular flexibility index (Phi) is 3.89. The Morgan fingerprint density at radius 2 is 1.56 bits per heavy atom. The van der Waals surface area contributed by atoms with Crippen molar-refractivity contribution < 1.29 is 10.1 Å². The van der Waals surface area contributed by atoms with Crippen molar-refractivity contribution in [3.05, 3.63) is 70.2 Å². The standard InChI is InChI=1S/C14H11BrN2O/c15-12-8-6-11(7-9-12)14(17)18-13(16)10-4-2-1-3-5-10/h1-9,16-17H/p+1. The van der Waals surface area contributed by atoms with Crippen LogP contribution >= 0.6 is 15.9 Å². The van der Waals surface area contributed by atoms with Crippen molar-refractivity contribution in [2.75, 3.05) is 0 Å². The smallest absolute Gasteiger partial charge is 0.373 e. The van der Waals surface area contributed by atoms with Gasteiger partial charge in [-0.1, -0.05) is 34.1 Å². The van der Waals surface area contributed by atoms with E-state index in [1.54, 1.807) is 12.1 Å². The first-order valence-corrected chi connectivity index (χ1v) is 6.16. The van der Waals surface area contributed by atoms with Gasteiger partial charge in [0.05, 0.1) is 5.56 Å². The van der Waals surface area contributed by atoms with E-state index < -0.39 is 0 Å². The van der Waals surface area contributed by atoms with E-state index in [4.69, 9.17) is 15.6 Å². The first kappa shape index (κ1) is 12.5. The quantitative estimate of drug-likeness (QED) is 0.647. The zero-order valence-electron chi connectivity index (χ0n) is 9.56. The number of hydrogen-bond acceptors (Lipinski definition) is 2. The second-order valence-corrected chi connectivity index (χ2v) is 4.58. The van der Waals surface area contributed by atoms with E-state index in [0.29, 0.717) is 5.56 Å². The lowest BCUT2D eigenvalue weighted by molar-refractivity contribution is -0.130. The molecule has 0 aliphatic heterocycles. The Labute approximate surface area is 114 Å². The summed E-state index contributed by atoms with van der Waals surface area (Å²) in [7, 11) is 0. The summed E-state index contributed by atoms with van der Waals surface area (Å²) in [5, 5.41) is 13.6. The van der Waals surface area contributed by atoms with Crippen LogP contribution < -0.4 is 5.41 Å². The van der Waals surface area contributed by atoms with Gasteiger partial charge in [0.25, 0.3) is 0 Å². The molecular formula is C14H12BrN2O+. The largest absolute Gasteiger partial charge is 0.386 e. The molecule has 0 fully saturated rings. The fourth-order valence-electron chi connectivity index (χ4n) is 1.43. The monoisotopic (exact) mass is 303 g/mol. The van der Waals surface area contributed by atoms with E-state index in [1.807, 2.05) is 42.5 Å². The van der Waals surface area contributed by atoms with Crippen molar-refractivity contribution in [1.29, 1.82) is 5.41 Å².